The van der Waals surface area contributed by atoms with Gasteiger partial charge in [0.2, 0.25) is 0 Å². The van der Waals surface area contributed by atoms with E-state index in [2.05, 4.69) is 5.32 Å². The van der Waals surface area contributed by atoms with Crippen LogP contribution in [-0.2, 0) is 4.79 Å². The highest BCUT2D eigenvalue weighted by Crippen LogP contribution is 2.42. The highest BCUT2D eigenvalue weighted by Gasteiger charge is 2.37. The van der Waals surface area contributed by atoms with Crippen LogP contribution in [0.3, 0.4) is 0 Å². The van der Waals surface area contributed by atoms with Gasteiger partial charge < -0.3 is 15.0 Å². The number of fused-ring (bicyclic) bond motifs is 1. The maximum Gasteiger partial charge on any atom is 0.174 e. The Kier molecular flexibility index (Phi) is 5.12. The summed E-state index contributed by atoms with van der Waals surface area (Å²) in [5.74, 6) is -0.786. The monoisotopic (exact) mass is 388 g/mol. The van der Waals surface area contributed by atoms with E-state index in [4.69, 9.17) is 0 Å². The highest BCUT2D eigenvalue weighted by molar-refractivity contribution is 6.07. The minimum Gasteiger partial charge on any atom is -0.377 e. The number of ketones is 1. The number of nitrogens with one attached hydrogen (secondary N) is 1. The minimum atomic E-state index is -0.468. The Morgan fingerprint density at radius 3 is 2.31 bits per heavy atom. The van der Waals surface area contributed by atoms with Crippen LogP contribution in [0.4, 0.5) is 15.8 Å². The van der Waals surface area contributed by atoms with E-state index in [-0.39, 0.29) is 17.6 Å². The predicted molar refractivity (Wildman–Crippen MR) is 112 cm³/mol. The van der Waals surface area contributed by atoms with Crippen molar-refractivity contribution in [1.82, 2.24) is 0 Å². The first-order chi connectivity index (χ1) is 14.1. The number of benzene rings is 3. The molecule has 0 spiro atoms. The lowest BCUT2D eigenvalue weighted by atomic mass is 9.78. The van der Waals surface area contributed by atoms with Crippen LogP contribution in [0.15, 0.2) is 72.8 Å². The molecule has 146 valence electrons. The van der Waals surface area contributed by atoms with Crippen molar-refractivity contribution in [1.29, 1.82) is 0 Å². The van der Waals surface area contributed by atoms with Crippen LogP contribution in [0.5, 0.6) is 0 Å². The molecule has 4 nitrogen and oxygen atoms in total. The molecular formula is C24H21FN2O2. The van der Waals surface area contributed by atoms with Gasteiger partial charge in [0.1, 0.15) is 12.1 Å². The van der Waals surface area contributed by atoms with Crippen molar-refractivity contribution in [3.05, 3.63) is 95.3 Å². The van der Waals surface area contributed by atoms with Gasteiger partial charge in [0.25, 0.3) is 0 Å². The number of hydrogen-bond donors (Lipinski definition) is 1. The van der Waals surface area contributed by atoms with Gasteiger partial charge in [-0.25, -0.2) is 4.39 Å². The lowest BCUT2D eigenvalue weighted by molar-refractivity contribution is -0.106. The molecule has 0 fully saturated rings. The summed E-state index contributed by atoms with van der Waals surface area (Å²) >= 11 is 0. The van der Waals surface area contributed by atoms with E-state index in [0.29, 0.717) is 12.1 Å². The van der Waals surface area contributed by atoms with Gasteiger partial charge in [-0.1, -0.05) is 36.4 Å². The Balaban J connectivity index is 1.75. The number of Topliss-reactive ketones (excluding diaryl/α,β-unsaturated/α-hetero) is 1. The third-order valence-electron chi connectivity index (χ3n) is 5.39. The largest absolute Gasteiger partial charge is 0.377 e. The molecule has 3 aromatic rings. The van der Waals surface area contributed by atoms with E-state index in [1.165, 1.54) is 12.1 Å². The van der Waals surface area contributed by atoms with Crippen molar-refractivity contribution in [2.24, 2.45) is 0 Å². The van der Waals surface area contributed by atoms with E-state index in [9.17, 15) is 14.0 Å². The molecule has 0 saturated heterocycles. The summed E-state index contributed by atoms with van der Waals surface area (Å²) in [6, 6.07) is 21.1. The number of aldehydes is 1. The second kappa shape index (κ2) is 7.87. The summed E-state index contributed by atoms with van der Waals surface area (Å²) in [6.07, 6.45) is 0.858. The number of carbonyl (C=O) groups excluding carboxylic acids is 2. The SMILES string of the molecule is CN(CC=O)c1ccc(C2Nc3ccccc3C(=O)C2c2ccc(F)cc2)cc1. The van der Waals surface area contributed by atoms with Crippen LogP contribution in [0.2, 0.25) is 0 Å². The fourth-order valence-electron chi connectivity index (χ4n) is 3.84. The van der Waals surface area contributed by atoms with Gasteiger partial charge in [-0.05, 0) is 47.5 Å². The van der Waals surface area contributed by atoms with Gasteiger partial charge in [0.15, 0.2) is 5.78 Å². The molecule has 0 amide bonds. The van der Waals surface area contributed by atoms with Crippen LogP contribution in [0, 0.1) is 5.82 Å². The first kappa shape index (κ1) is 18.9. The Morgan fingerprint density at radius 2 is 1.62 bits per heavy atom. The van der Waals surface area contributed by atoms with Crippen LogP contribution in [-0.4, -0.2) is 25.7 Å². The molecule has 3 aromatic carbocycles. The normalized spacial score (nSPS) is 17.9. The molecule has 0 aromatic heterocycles. The van der Waals surface area contributed by atoms with Gasteiger partial charge in [-0.15, -0.1) is 0 Å². The highest BCUT2D eigenvalue weighted by atomic mass is 19.1. The molecular weight excluding hydrogens is 367 g/mol. The Morgan fingerprint density at radius 1 is 0.966 bits per heavy atom. The fraction of sp³-hybridized carbons (Fsp3) is 0.167. The number of likely N-dealkylation sites (N-methyl/N-ethyl adjacent to an activating group) is 1. The first-order valence-electron chi connectivity index (χ1n) is 9.48. The van der Waals surface area contributed by atoms with Crippen molar-refractivity contribution < 1.29 is 14.0 Å². The van der Waals surface area contributed by atoms with Gasteiger partial charge in [-0.3, -0.25) is 4.79 Å². The van der Waals surface area contributed by atoms with Crippen molar-refractivity contribution >= 4 is 23.4 Å². The third kappa shape index (κ3) is 3.63. The standard InChI is InChI=1S/C24H21FN2O2/c1-27(14-15-28)19-12-8-17(9-13-19)23-22(16-6-10-18(25)11-7-16)24(29)20-4-2-3-5-21(20)26-23/h2-13,15,22-23,26H,14H2,1H3. The summed E-state index contributed by atoms with van der Waals surface area (Å²) in [5, 5.41) is 3.50. The molecule has 1 aliphatic rings. The molecule has 1 N–H and O–H groups in total. The molecule has 0 aliphatic carbocycles. The van der Waals surface area contributed by atoms with Crippen LogP contribution in [0.1, 0.15) is 33.4 Å². The molecule has 0 radical (unpaired) electrons. The van der Waals surface area contributed by atoms with E-state index in [0.717, 1.165) is 28.8 Å². The van der Waals surface area contributed by atoms with Crippen molar-refractivity contribution in [3.8, 4) is 0 Å². The topological polar surface area (TPSA) is 49.4 Å². The number of nitrogens with zero attached hydrogens (tertiary/aromatic N) is 1. The Bertz CT molecular complexity index is 1030. The van der Waals surface area contributed by atoms with E-state index < -0.39 is 5.92 Å². The second-order valence-corrected chi connectivity index (χ2v) is 7.20. The van der Waals surface area contributed by atoms with Crippen LogP contribution < -0.4 is 10.2 Å². The molecule has 4 rings (SSSR count). The number of rotatable bonds is 5. The first-order valence-corrected chi connectivity index (χ1v) is 9.48. The number of para-hydroxylation sites is 1. The fourth-order valence-corrected chi connectivity index (χ4v) is 3.84. The van der Waals surface area contributed by atoms with E-state index in [1.807, 2.05) is 60.5 Å². The molecule has 1 heterocycles. The third-order valence-corrected chi connectivity index (χ3v) is 5.39. The van der Waals surface area contributed by atoms with Crippen molar-refractivity contribution in [2.75, 3.05) is 23.8 Å². The number of halogens is 1. The molecule has 2 unspecified atom stereocenters. The number of anilines is 2. The maximum atomic E-state index is 13.5. The lowest BCUT2D eigenvalue weighted by Gasteiger charge is -2.34. The molecule has 0 saturated carbocycles. The zero-order valence-electron chi connectivity index (χ0n) is 16.0. The van der Waals surface area contributed by atoms with E-state index in [1.54, 1.807) is 12.1 Å². The van der Waals surface area contributed by atoms with Crippen LogP contribution >= 0.6 is 0 Å². The summed E-state index contributed by atoms with van der Waals surface area (Å²) < 4.78 is 13.5. The zero-order chi connectivity index (χ0) is 20.4. The van der Waals surface area contributed by atoms with Gasteiger partial charge in [0.05, 0.1) is 18.5 Å². The lowest BCUT2D eigenvalue weighted by Crippen LogP contribution is -2.31. The number of carbonyl (C=O) groups is 2. The minimum absolute atomic E-state index is 0.0121. The quantitative estimate of drug-likeness (QED) is 0.650. The average Bonchev–Trinajstić information content (AvgIpc) is 2.75. The average molecular weight is 388 g/mol. The summed E-state index contributed by atoms with van der Waals surface area (Å²) in [5.41, 5.74) is 4.07. The van der Waals surface area contributed by atoms with Crippen molar-refractivity contribution in [3.63, 3.8) is 0 Å². The summed E-state index contributed by atoms with van der Waals surface area (Å²) in [6.45, 7) is 0.311. The Hall–Kier alpha value is -3.47. The summed E-state index contributed by atoms with van der Waals surface area (Å²) in [4.78, 5) is 26.0. The van der Waals surface area contributed by atoms with Gasteiger partial charge in [-0.2, -0.15) is 0 Å². The zero-order valence-corrected chi connectivity index (χ0v) is 16.0. The molecule has 0 bridgehead atoms. The van der Waals surface area contributed by atoms with Gasteiger partial charge in [0, 0.05) is 24.0 Å². The van der Waals surface area contributed by atoms with Gasteiger partial charge >= 0.3 is 0 Å². The molecule has 5 heteroatoms. The smallest absolute Gasteiger partial charge is 0.174 e. The number of hydrogen-bond acceptors (Lipinski definition) is 4. The van der Waals surface area contributed by atoms with Crippen molar-refractivity contribution in [2.45, 2.75) is 12.0 Å². The Labute approximate surface area is 169 Å². The molecule has 29 heavy (non-hydrogen) atoms. The van der Waals surface area contributed by atoms with E-state index >= 15 is 0 Å². The molecule has 2 atom stereocenters. The maximum absolute atomic E-state index is 13.5. The second-order valence-electron chi connectivity index (χ2n) is 7.20. The van der Waals surface area contributed by atoms with Crippen LogP contribution in [0.25, 0.3) is 0 Å². The summed E-state index contributed by atoms with van der Waals surface area (Å²) in [7, 11) is 1.85. The predicted octanol–water partition coefficient (Wildman–Crippen LogP) is 4.59. The molecule has 1 aliphatic heterocycles.